The third-order valence-corrected chi connectivity index (χ3v) is 1.04. The van der Waals surface area contributed by atoms with Gasteiger partial charge in [0.15, 0.2) is 8.38 Å². The Bertz CT molecular complexity index is 38.7. The number of rotatable bonds is 3. The zero-order valence-corrected chi connectivity index (χ0v) is 5.61. The monoisotopic (exact) mass is 122 g/mol. The molecule has 2 nitrogen and oxygen atoms in total. The molecule has 1 N–H and O–H groups in total. The summed E-state index contributed by atoms with van der Waals surface area (Å²) < 4.78 is 4.81. The van der Waals surface area contributed by atoms with Crippen LogP contribution < -0.4 is 0 Å². The summed E-state index contributed by atoms with van der Waals surface area (Å²) in [6.45, 7) is 4.36. The molecule has 0 amide bonds. The van der Waals surface area contributed by atoms with Crippen molar-refractivity contribution in [2.24, 2.45) is 0 Å². The van der Waals surface area contributed by atoms with E-state index in [1.54, 1.807) is 6.66 Å². The van der Waals surface area contributed by atoms with Crippen molar-refractivity contribution in [3.63, 3.8) is 0 Å². The van der Waals surface area contributed by atoms with Crippen LogP contribution in [0.2, 0.25) is 0 Å². The minimum absolute atomic E-state index is 0.679. The Morgan fingerprint density at radius 1 is 1.71 bits per heavy atom. The van der Waals surface area contributed by atoms with Gasteiger partial charge in [0.05, 0.1) is 6.61 Å². The van der Waals surface area contributed by atoms with E-state index in [0.717, 1.165) is 6.42 Å². The van der Waals surface area contributed by atoms with Gasteiger partial charge in [-0.1, -0.05) is 6.92 Å². The van der Waals surface area contributed by atoms with Crippen LogP contribution in [0.5, 0.6) is 0 Å². The van der Waals surface area contributed by atoms with Gasteiger partial charge < -0.3 is 9.42 Å². The molecule has 1 atom stereocenters. The van der Waals surface area contributed by atoms with E-state index in [0.29, 0.717) is 6.61 Å². The van der Waals surface area contributed by atoms with E-state index in [9.17, 15) is 0 Å². The fourth-order valence-electron chi connectivity index (χ4n) is 0.223. The van der Waals surface area contributed by atoms with E-state index in [4.69, 9.17) is 9.42 Å². The SMILES string of the molecule is CCCO[P@@](C)O. The lowest BCUT2D eigenvalue weighted by Gasteiger charge is -2.00. The lowest BCUT2D eigenvalue weighted by Crippen LogP contribution is -1.83. The molecule has 44 valence electrons. The minimum Gasteiger partial charge on any atom is -0.350 e. The Morgan fingerprint density at radius 3 is 2.43 bits per heavy atom. The molecule has 0 bridgehead atoms. The van der Waals surface area contributed by atoms with Crippen molar-refractivity contribution in [1.82, 2.24) is 0 Å². The van der Waals surface area contributed by atoms with E-state index >= 15 is 0 Å². The minimum atomic E-state index is -1.11. The summed E-state index contributed by atoms with van der Waals surface area (Å²) in [4.78, 5) is 8.53. The van der Waals surface area contributed by atoms with Crippen molar-refractivity contribution in [3.05, 3.63) is 0 Å². The Morgan fingerprint density at radius 2 is 2.29 bits per heavy atom. The van der Waals surface area contributed by atoms with E-state index in [1.807, 2.05) is 6.92 Å². The van der Waals surface area contributed by atoms with Gasteiger partial charge in [-0.05, 0) is 6.42 Å². The largest absolute Gasteiger partial charge is 0.350 e. The highest BCUT2D eigenvalue weighted by Gasteiger charge is 1.89. The average Bonchev–Trinajstić information content (AvgIpc) is 1.61. The lowest BCUT2D eigenvalue weighted by molar-refractivity contribution is 0.313. The highest BCUT2D eigenvalue weighted by atomic mass is 31.2. The van der Waals surface area contributed by atoms with E-state index in [-0.39, 0.29) is 0 Å². The second kappa shape index (κ2) is 4.51. The molecule has 0 aliphatic rings. The van der Waals surface area contributed by atoms with Crippen LogP contribution >= 0.6 is 8.38 Å². The Balaban J connectivity index is 2.68. The molecule has 0 aliphatic heterocycles. The van der Waals surface area contributed by atoms with Crippen molar-refractivity contribution in [3.8, 4) is 0 Å². The fraction of sp³-hybridized carbons (Fsp3) is 1.00. The number of hydrogen-bond donors (Lipinski definition) is 1. The van der Waals surface area contributed by atoms with E-state index in [1.165, 1.54) is 0 Å². The van der Waals surface area contributed by atoms with Gasteiger partial charge in [0, 0.05) is 6.66 Å². The maximum absolute atomic E-state index is 8.53. The third kappa shape index (κ3) is 6.35. The summed E-state index contributed by atoms with van der Waals surface area (Å²) in [6.07, 6.45) is 0.979. The summed E-state index contributed by atoms with van der Waals surface area (Å²) in [5.41, 5.74) is 0. The zero-order chi connectivity index (χ0) is 5.70. The molecule has 0 saturated heterocycles. The maximum Gasteiger partial charge on any atom is 0.164 e. The Labute approximate surface area is 45.4 Å². The molecule has 0 heterocycles. The fourth-order valence-corrected chi connectivity index (χ4v) is 0.670. The van der Waals surface area contributed by atoms with Crippen molar-refractivity contribution in [2.45, 2.75) is 13.3 Å². The molecular formula is C4H11O2P. The van der Waals surface area contributed by atoms with Crippen LogP contribution in [0.25, 0.3) is 0 Å². The predicted molar refractivity (Wildman–Crippen MR) is 31.3 cm³/mol. The summed E-state index contributed by atoms with van der Waals surface area (Å²) in [5.74, 6) is 0. The number of hydrogen-bond acceptors (Lipinski definition) is 2. The van der Waals surface area contributed by atoms with Gasteiger partial charge in [-0.2, -0.15) is 0 Å². The average molecular weight is 122 g/mol. The molecule has 0 aromatic heterocycles. The van der Waals surface area contributed by atoms with Crippen LogP contribution in [0.4, 0.5) is 0 Å². The molecule has 0 unspecified atom stereocenters. The molecule has 7 heavy (non-hydrogen) atoms. The summed E-state index contributed by atoms with van der Waals surface area (Å²) in [7, 11) is -1.11. The topological polar surface area (TPSA) is 29.5 Å². The Kier molecular flexibility index (Phi) is 4.73. The van der Waals surface area contributed by atoms with Crippen molar-refractivity contribution >= 4 is 8.38 Å². The normalized spacial score (nSPS) is 14.1. The molecule has 0 aromatic rings. The van der Waals surface area contributed by atoms with Crippen LogP contribution in [-0.2, 0) is 4.52 Å². The first-order valence-electron chi connectivity index (χ1n) is 2.33. The molecule has 0 radical (unpaired) electrons. The highest BCUT2D eigenvalue weighted by Crippen LogP contribution is 2.24. The van der Waals surface area contributed by atoms with Gasteiger partial charge in [0.1, 0.15) is 0 Å². The molecule has 0 spiro atoms. The molecular weight excluding hydrogens is 111 g/mol. The highest BCUT2D eigenvalue weighted by molar-refractivity contribution is 7.45. The predicted octanol–water partition coefficient (Wildman–Crippen LogP) is 1.35. The van der Waals surface area contributed by atoms with Crippen molar-refractivity contribution < 1.29 is 9.42 Å². The lowest BCUT2D eigenvalue weighted by atomic mass is 10.5. The third-order valence-electron chi connectivity index (χ3n) is 0.482. The van der Waals surface area contributed by atoms with Gasteiger partial charge in [-0.15, -0.1) is 0 Å². The van der Waals surface area contributed by atoms with Gasteiger partial charge in [0.25, 0.3) is 0 Å². The standard InChI is InChI=1S/C4H11O2P/c1-3-4-6-7(2)5/h5H,3-4H2,1-2H3/t7-/m0/s1. The van der Waals surface area contributed by atoms with E-state index < -0.39 is 8.38 Å². The van der Waals surface area contributed by atoms with Crippen molar-refractivity contribution in [1.29, 1.82) is 0 Å². The molecule has 0 rings (SSSR count). The molecule has 0 aliphatic carbocycles. The van der Waals surface area contributed by atoms with Crippen LogP contribution in [0.15, 0.2) is 0 Å². The van der Waals surface area contributed by atoms with Gasteiger partial charge in [-0.25, -0.2) is 0 Å². The quantitative estimate of drug-likeness (QED) is 0.572. The first-order chi connectivity index (χ1) is 3.27. The van der Waals surface area contributed by atoms with Gasteiger partial charge in [0.2, 0.25) is 0 Å². The molecule has 0 fully saturated rings. The summed E-state index contributed by atoms with van der Waals surface area (Å²) in [5, 5.41) is 0. The first kappa shape index (κ1) is 7.35. The van der Waals surface area contributed by atoms with Crippen molar-refractivity contribution in [2.75, 3.05) is 13.3 Å². The second-order valence-electron chi connectivity index (χ2n) is 1.30. The molecule has 0 aromatic carbocycles. The second-order valence-corrected chi connectivity index (χ2v) is 2.48. The zero-order valence-electron chi connectivity index (χ0n) is 4.72. The van der Waals surface area contributed by atoms with Crippen LogP contribution in [0.1, 0.15) is 13.3 Å². The Hall–Kier alpha value is 0.350. The van der Waals surface area contributed by atoms with Gasteiger partial charge >= 0.3 is 0 Å². The summed E-state index contributed by atoms with van der Waals surface area (Å²) in [6, 6.07) is 0. The van der Waals surface area contributed by atoms with Crippen LogP contribution in [0, 0.1) is 0 Å². The maximum atomic E-state index is 8.53. The van der Waals surface area contributed by atoms with Crippen LogP contribution in [0.3, 0.4) is 0 Å². The van der Waals surface area contributed by atoms with Crippen LogP contribution in [-0.4, -0.2) is 18.2 Å². The molecule has 3 heteroatoms. The van der Waals surface area contributed by atoms with E-state index in [2.05, 4.69) is 0 Å². The van der Waals surface area contributed by atoms with Gasteiger partial charge in [-0.3, -0.25) is 0 Å². The first-order valence-corrected chi connectivity index (χ1v) is 3.99. The summed E-state index contributed by atoms with van der Waals surface area (Å²) >= 11 is 0. The smallest absolute Gasteiger partial charge is 0.164 e. The molecule has 0 saturated carbocycles.